The van der Waals surface area contributed by atoms with Crippen molar-refractivity contribution in [1.29, 1.82) is 0 Å². The van der Waals surface area contributed by atoms with Gasteiger partial charge in [-0.3, -0.25) is 13.9 Å². The van der Waals surface area contributed by atoms with Crippen LogP contribution in [0.3, 0.4) is 0 Å². The van der Waals surface area contributed by atoms with Gasteiger partial charge in [0.2, 0.25) is 11.8 Å². The maximum Gasteiger partial charge on any atom is 0.264 e. The maximum absolute atomic E-state index is 14.0. The number of carbonyl (C=O) groups excluding carboxylic acids is 2. The van der Waals surface area contributed by atoms with Crippen molar-refractivity contribution in [3.8, 4) is 0 Å². The van der Waals surface area contributed by atoms with E-state index < -0.39 is 28.5 Å². The standard InChI is InChI=1S/C31H39N3O4S/c1-7-18-32-31(36)26(6)33(20-27-11-9-8-10-24(27)4)30(35)21-34(28-15-14-23(3)25(5)19-28)39(37,38)29-16-12-22(2)13-17-29/h8-17,19,26H,7,18,20-21H2,1-6H3,(H,32,36)/t26-/m1/s1. The van der Waals surface area contributed by atoms with Gasteiger partial charge in [0.1, 0.15) is 12.6 Å². The van der Waals surface area contributed by atoms with Gasteiger partial charge in [-0.1, -0.05) is 55.0 Å². The number of hydrogen-bond donors (Lipinski definition) is 1. The van der Waals surface area contributed by atoms with E-state index in [4.69, 9.17) is 0 Å². The number of sulfonamides is 1. The first-order valence-corrected chi connectivity index (χ1v) is 14.7. The molecule has 3 aromatic carbocycles. The summed E-state index contributed by atoms with van der Waals surface area (Å²) in [4.78, 5) is 28.5. The van der Waals surface area contributed by atoms with Gasteiger partial charge in [0.15, 0.2) is 0 Å². The fourth-order valence-corrected chi connectivity index (χ4v) is 5.60. The van der Waals surface area contributed by atoms with Crippen molar-refractivity contribution in [3.63, 3.8) is 0 Å². The van der Waals surface area contributed by atoms with Crippen molar-refractivity contribution in [1.82, 2.24) is 10.2 Å². The highest BCUT2D eigenvalue weighted by molar-refractivity contribution is 7.92. The highest BCUT2D eigenvalue weighted by Crippen LogP contribution is 2.27. The minimum absolute atomic E-state index is 0.0957. The van der Waals surface area contributed by atoms with Gasteiger partial charge >= 0.3 is 0 Å². The lowest BCUT2D eigenvalue weighted by Crippen LogP contribution is -2.51. The summed E-state index contributed by atoms with van der Waals surface area (Å²) in [5, 5.41) is 2.86. The molecular formula is C31H39N3O4S. The second-order valence-corrected chi connectivity index (χ2v) is 11.9. The molecule has 0 fully saturated rings. The quantitative estimate of drug-likeness (QED) is 0.362. The summed E-state index contributed by atoms with van der Waals surface area (Å²) < 4.78 is 29.0. The lowest BCUT2D eigenvalue weighted by atomic mass is 10.1. The third-order valence-electron chi connectivity index (χ3n) is 6.98. The first-order valence-electron chi connectivity index (χ1n) is 13.2. The monoisotopic (exact) mass is 549 g/mol. The Hall–Kier alpha value is -3.65. The molecule has 1 N–H and O–H groups in total. The second kappa shape index (κ2) is 12.9. The van der Waals surface area contributed by atoms with Gasteiger partial charge in [-0.15, -0.1) is 0 Å². The first-order chi connectivity index (χ1) is 18.4. The summed E-state index contributed by atoms with van der Waals surface area (Å²) in [5.74, 6) is -0.746. The summed E-state index contributed by atoms with van der Waals surface area (Å²) in [6, 6.07) is 18.8. The highest BCUT2D eigenvalue weighted by atomic mass is 32.2. The van der Waals surface area contributed by atoms with E-state index in [1.54, 1.807) is 43.3 Å². The molecule has 0 unspecified atom stereocenters. The molecule has 2 amide bonds. The summed E-state index contributed by atoms with van der Waals surface area (Å²) in [6.45, 7) is 11.5. The zero-order valence-corrected chi connectivity index (χ0v) is 24.5. The fourth-order valence-electron chi connectivity index (χ4n) is 4.20. The lowest BCUT2D eigenvalue weighted by Gasteiger charge is -2.32. The molecule has 0 saturated carbocycles. The van der Waals surface area contributed by atoms with Gasteiger partial charge in [0.05, 0.1) is 10.6 Å². The van der Waals surface area contributed by atoms with Crippen molar-refractivity contribution in [3.05, 3.63) is 94.5 Å². The average Bonchev–Trinajstić information content (AvgIpc) is 2.91. The maximum atomic E-state index is 14.0. The van der Waals surface area contributed by atoms with Crippen molar-refractivity contribution in [2.24, 2.45) is 0 Å². The molecule has 0 aromatic heterocycles. The number of anilines is 1. The average molecular weight is 550 g/mol. The van der Waals surface area contributed by atoms with E-state index in [2.05, 4.69) is 5.32 Å². The second-order valence-electron chi connectivity index (χ2n) is 10.0. The topological polar surface area (TPSA) is 86.8 Å². The van der Waals surface area contributed by atoms with Crippen LogP contribution < -0.4 is 9.62 Å². The molecule has 0 saturated heterocycles. The lowest BCUT2D eigenvalue weighted by molar-refractivity contribution is -0.139. The third-order valence-corrected chi connectivity index (χ3v) is 8.77. The van der Waals surface area contributed by atoms with Gasteiger partial charge in [-0.2, -0.15) is 0 Å². The van der Waals surface area contributed by atoms with Crippen LogP contribution in [0.25, 0.3) is 0 Å². The van der Waals surface area contributed by atoms with Crippen molar-refractivity contribution < 1.29 is 18.0 Å². The number of carbonyl (C=O) groups is 2. The summed E-state index contributed by atoms with van der Waals surface area (Å²) in [6.07, 6.45) is 0.763. The molecule has 0 heterocycles. The van der Waals surface area contributed by atoms with Crippen LogP contribution in [-0.4, -0.2) is 44.3 Å². The SMILES string of the molecule is CCCNC(=O)[C@@H](C)N(Cc1ccccc1C)C(=O)CN(c1ccc(C)c(C)c1)S(=O)(=O)c1ccc(C)cc1. The van der Waals surface area contributed by atoms with E-state index in [0.717, 1.165) is 38.5 Å². The Bertz CT molecular complexity index is 1420. The van der Waals surface area contributed by atoms with Crippen molar-refractivity contribution in [2.75, 3.05) is 17.4 Å². The summed E-state index contributed by atoms with van der Waals surface area (Å²) in [5.41, 5.74) is 5.12. The highest BCUT2D eigenvalue weighted by Gasteiger charge is 2.32. The van der Waals surface area contributed by atoms with Gasteiger partial charge in [0.25, 0.3) is 10.0 Å². The van der Waals surface area contributed by atoms with Gasteiger partial charge in [-0.25, -0.2) is 8.42 Å². The molecule has 0 bridgehead atoms. The third kappa shape index (κ3) is 7.26. The van der Waals surface area contributed by atoms with Crippen LogP contribution in [0.4, 0.5) is 5.69 Å². The van der Waals surface area contributed by atoms with E-state index >= 15 is 0 Å². The van der Waals surface area contributed by atoms with Crippen LogP contribution in [0.2, 0.25) is 0 Å². The molecule has 1 atom stereocenters. The van der Waals surface area contributed by atoms with E-state index in [1.807, 2.05) is 65.0 Å². The van der Waals surface area contributed by atoms with Crippen molar-refractivity contribution in [2.45, 2.75) is 65.4 Å². The number of nitrogens with one attached hydrogen (secondary N) is 1. The van der Waals surface area contributed by atoms with Gasteiger partial charge < -0.3 is 10.2 Å². The number of aryl methyl sites for hydroxylation is 4. The zero-order valence-electron chi connectivity index (χ0n) is 23.7. The number of benzene rings is 3. The molecule has 0 aliphatic carbocycles. The Balaban J connectivity index is 2.05. The molecule has 3 aromatic rings. The molecule has 0 aliphatic rings. The molecule has 0 aliphatic heterocycles. The number of nitrogens with zero attached hydrogens (tertiary/aromatic N) is 2. The summed E-state index contributed by atoms with van der Waals surface area (Å²) in [7, 11) is -4.08. The Labute approximate surface area is 232 Å². The van der Waals surface area contributed by atoms with E-state index in [0.29, 0.717) is 12.2 Å². The van der Waals surface area contributed by atoms with Crippen molar-refractivity contribution >= 4 is 27.5 Å². The molecule has 7 nitrogen and oxygen atoms in total. The number of hydrogen-bond acceptors (Lipinski definition) is 4. The number of amides is 2. The Morgan fingerprint density at radius 3 is 2.15 bits per heavy atom. The zero-order chi connectivity index (χ0) is 28.7. The molecule has 208 valence electrons. The largest absolute Gasteiger partial charge is 0.354 e. The molecule has 0 spiro atoms. The Morgan fingerprint density at radius 1 is 0.872 bits per heavy atom. The van der Waals surface area contributed by atoms with E-state index in [9.17, 15) is 18.0 Å². The molecule has 3 rings (SSSR count). The summed E-state index contributed by atoms with van der Waals surface area (Å²) >= 11 is 0. The normalized spacial score (nSPS) is 12.1. The van der Waals surface area contributed by atoms with Crippen LogP contribution in [0.15, 0.2) is 71.6 Å². The van der Waals surface area contributed by atoms with Crippen LogP contribution in [0.5, 0.6) is 0 Å². The first kappa shape index (κ1) is 29.9. The van der Waals surface area contributed by atoms with E-state index in [1.165, 1.54) is 4.90 Å². The minimum atomic E-state index is -4.08. The number of rotatable bonds is 11. The molecule has 39 heavy (non-hydrogen) atoms. The van der Waals surface area contributed by atoms with Crippen LogP contribution in [0.1, 0.15) is 48.1 Å². The molecule has 8 heteroatoms. The molecular weight excluding hydrogens is 510 g/mol. The fraction of sp³-hybridized carbons (Fsp3) is 0.355. The predicted octanol–water partition coefficient (Wildman–Crippen LogP) is 5.06. The smallest absolute Gasteiger partial charge is 0.264 e. The Morgan fingerprint density at radius 2 is 1.54 bits per heavy atom. The van der Waals surface area contributed by atoms with E-state index in [-0.39, 0.29) is 17.3 Å². The van der Waals surface area contributed by atoms with Gasteiger partial charge in [-0.05, 0) is 87.6 Å². The van der Waals surface area contributed by atoms with Crippen LogP contribution in [-0.2, 0) is 26.2 Å². The predicted molar refractivity (Wildman–Crippen MR) is 156 cm³/mol. The minimum Gasteiger partial charge on any atom is -0.354 e. The Kier molecular flexibility index (Phi) is 9.92. The molecule has 0 radical (unpaired) electrons. The van der Waals surface area contributed by atoms with Gasteiger partial charge in [0, 0.05) is 13.1 Å². The van der Waals surface area contributed by atoms with Crippen LogP contribution in [0, 0.1) is 27.7 Å². The van der Waals surface area contributed by atoms with Crippen LogP contribution >= 0.6 is 0 Å².